The number of carboxylic acids is 2. The van der Waals surface area contributed by atoms with E-state index in [4.69, 9.17) is 10.8 Å². The molecule has 1 aromatic heterocycles. The number of carbonyl (C=O) groups is 5. The maximum absolute atomic E-state index is 13.8. The molecular weight excluding hydrogens is 570 g/mol. The Hall–Kier alpha value is -4.91. The second-order valence-corrected chi connectivity index (χ2v) is 10.8. The second-order valence-electron chi connectivity index (χ2n) is 10.8. The van der Waals surface area contributed by atoms with Gasteiger partial charge in [0, 0.05) is 36.4 Å². The van der Waals surface area contributed by atoms with E-state index in [2.05, 4.69) is 20.9 Å². The van der Waals surface area contributed by atoms with Crippen molar-refractivity contribution in [2.45, 2.75) is 70.1 Å². The van der Waals surface area contributed by atoms with Gasteiger partial charge in [-0.1, -0.05) is 50.6 Å². The molecule has 3 amide bonds. The predicted molar refractivity (Wildman–Crippen MR) is 162 cm³/mol. The van der Waals surface area contributed by atoms with Crippen LogP contribution in [0.2, 0.25) is 0 Å². The highest BCUT2D eigenvalue weighted by Gasteiger charge is 2.32. The van der Waals surface area contributed by atoms with Crippen molar-refractivity contribution < 1.29 is 39.3 Å². The Labute approximate surface area is 254 Å². The van der Waals surface area contributed by atoms with Crippen molar-refractivity contribution in [2.75, 3.05) is 0 Å². The number of carbonyl (C=O) groups excluding carboxylic acids is 3. The van der Waals surface area contributed by atoms with Crippen molar-refractivity contribution in [3.05, 3.63) is 65.9 Å². The summed E-state index contributed by atoms with van der Waals surface area (Å²) in [5.41, 5.74) is 8.25. The summed E-state index contributed by atoms with van der Waals surface area (Å²) >= 11 is 0. The van der Waals surface area contributed by atoms with E-state index in [1.165, 1.54) is 24.3 Å². The molecule has 3 aromatic rings. The lowest BCUT2D eigenvalue weighted by Crippen LogP contribution is -2.58. The summed E-state index contributed by atoms with van der Waals surface area (Å²) in [6, 6.07) is 8.42. The van der Waals surface area contributed by atoms with Crippen LogP contribution in [0.25, 0.3) is 10.9 Å². The lowest BCUT2D eigenvalue weighted by Gasteiger charge is -2.26. The molecule has 2 aromatic carbocycles. The number of aromatic nitrogens is 1. The van der Waals surface area contributed by atoms with Crippen molar-refractivity contribution in [1.82, 2.24) is 20.9 Å². The molecule has 0 saturated heterocycles. The zero-order valence-corrected chi connectivity index (χ0v) is 24.6. The molecule has 0 bridgehead atoms. The van der Waals surface area contributed by atoms with Gasteiger partial charge < -0.3 is 42.0 Å². The van der Waals surface area contributed by atoms with Crippen molar-refractivity contribution >= 4 is 40.6 Å². The highest BCUT2D eigenvalue weighted by Crippen LogP contribution is 2.20. The van der Waals surface area contributed by atoms with E-state index < -0.39 is 60.2 Å². The van der Waals surface area contributed by atoms with E-state index in [0.29, 0.717) is 12.0 Å². The first-order valence-corrected chi connectivity index (χ1v) is 14.3. The number of hydrogen-bond donors (Lipinski definition) is 8. The minimum absolute atomic E-state index is 0.0162. The summed E-state index contributed by atoms with van der Waals surface area (Å²) < 4.78 is 0. The molecule has 0 radical (unpaired) electrons. The Morgan fingerprint density at radius 3 is 2.05 bits per heavy atom. The normalized spacial score (nSPS) is 14.5. The van der Waals surface area contributed by atoms with Crippen molar-refractivity contribution in [1.29, 1.82) is 0 Å². The van der Waals surface area contributed by atoms with Gasteiger partial charge >= 0.3 is 11.9 Å². The van der Waals surface area contributed by atoms with Gasteiger partial charge in [0.1, 0.15) is 23.9 Å². The lowest BCUT2D eigenvalue weighted by molar-refractivity contribution is -0.143. The fourth-order valence-electron chi connectivity index (χ4n) is 4.66. The number of phenols is 1. The summed E-state index contributed by atoms with van der Waals surface area (Å²) in [5.74, 6) is -4.97. The van der Waals surface area contributed by atoms with Gasteiger partial charge in [0.15, 0.2) is 0 Å². The van der Waals surface area contributed by atoms with Crippen LogP contribution in [0.15, 0.2) is 54.7 Å². The van der Waals surface area contributed by atoms with E-state index in [1.54, 1.807) is 6.20 Å². The number of amides is 3. The van der Waals surface area contributed by atoms with Crippen LogP contribution in [-0.4, -0.2) is 74.1 Å². The zero-order valence-electron chi connectivity index (χ0n) is 24.6. The SMILES string of the molecule is CCC(C)C(N)C(=O)NC(Cc1c[nH]c2ccccc12)C(=O)NC(Cc1ccc(O)cc1)C(=O)NC(CCC(=O)O)C(=O)O. The van der Waals surface area contributed by atoms with E-state index in [0.717, 1.165) is 16.5 Å². The standard InChI is InChI=1S/C31H39N5O8/c1-3-17(2)27(32)30(42)36-25(15-19-16-33-22-7-5-4-6-21(19)22)29(41)35-24(14-18-8-10-20(37)11-9-18)28(40)34-23(31(43)44)12-13-26(38)39/h4-11,16-17,23-25,27,33,37H,3,12-15,32H2,1-2H3,(H,34,40)(H,35,41)(H,36,42)(H,38,39)(H,43,44). The van der Waals surface area contributed by atoms with E-state index in [1.807, 2.05) is 38.1 Å². The maximum Gasteiger partial charge on any atom is 0.326 e. The average molecular weight is 610 g/mol. The summed E-state index contributed by atoms with van der Waals surface area (Å²) in [4.78, 5) is 66.2. The number of rotatable bonds is 16. The fourth-order valence-corrected chi connectivity index (χ4v) is 4.66. The highest BCUT2D eigenvalue weighted by atomic mass is 16.4. The van der Waals surface area contributed by atoms with Gasteiger partial charge in [-0.05, 0) is 41.7 Å². The molecule has 0 saturated carbocycles. The molecule has 236 valence electrons. The Morgan fingerprint density at radius 1 is 0.841 bits per heavy atom. The second kappa shape index (κ2) is 15.5. The highest BCUT2D eigenvalue weighted by molar-refractivity contribution is 5.95. The van der Waals surface area contributed by atoms with Crippen molar-refractivity contribution in [3.63, 3.8) is 0 Å². The van der Waals surface area contributed by atoms with E-state index in [9.17, 15) is 34.2 Å². The molecule has 1 heterocycles. The van der Waals surface area contributed by atoms with Crippen LogP contribution in [0, 0.1) is 5.92 Å². The molecule has 9 N–H and O–H groups in total. The molecule has 0 spiro atoms. The molecule has 0 aliphatic heterocycles. The van der Waals surface area contributed by atoms with Gasteiger partial charge in [0.2, 0.25) is 17.7 Å². The quantitative estimate of drug-likeness (QED) is 0.117. The van der Waals surface area contributed by atoms with Gasteiger partial charge in [-0.25, -0.2) is 4.79 Å². The van der Waals surface area contributed by atoms with E-state index >= 15 is 0 Å². The summed E-state index contributed by atoms with van der Waals surface area (Å²) in [5, 5.41) is 36.8. The molecule has 5 unspecified atom stereocenters. The third-order valence-corrected chi connectivity index (χ3v) is 7.56. The van der Waals surface area contributed by atoms with E-state index in [-0.39, 0.29) is 30.9 Å². The van der Waals surface area contributed by atoms with Crippen LogP contribution in [0.3, 0.4) is 0 Å². The van der Waals surface area contributed by atoms with Gasteiger partial charge in [0.25, 0.3) is 0 Å². The van der Waals surface area contributed by atoms with Gasteiger partial charge in [0.05, 0.1) is 6.04 Å². The summed E-state index contributed by atoms with van der Waals surface area (Å²) in [6.07, 6.45) is 1.45. The van der Waals surface area contributed by atoms with Crippen LogP contribution >= 0.6 is 0 Å². The van der Waals surface area contributed by atoms with Crippen LogP contribution in [0.4, 0.5) is 0 Å². The first-order valence-electron chi connectivity index (χ1n) is 14.3. The molecule has 0 fully saturated rings. The van der Waals surface area contributed by atoms with Crippen LogP contribution in [-0.2, 0) is 36.8 Å². The number of phenolic OH excluding ortho intramolecular Hbond substituents is 1. The molecule has 0 aliphatic rings. The number of para-hydroxylation sites is 1. The Kier molecular flexibility index (Phi) is 11.9. The number of aliphatic carboxylic acids is 2. The molecule has 13 nitrogen and oxygen atoms in total. The van der Waals surface area contributed by atoms with Crippen LogP contribution in [0.5, 0.6) is 5.75 Å². The number of hydrogen-bond acceptors (Lipinski definition) is 7. The smallest absolute Gasteiger partial charge is 0.326 e. The molecule has 13 heteroatoms. The maximum atomic E-state index is 13.8. The third kappa shape index (κ3) is 9.30. The number of H-pyrrole nitrogens is 1. The largest absolute Gasteiger partial charge is 0.508 e. The number of aromatic amines is 1. The van der Waals surface area contributed by atoms with Crippen LogP contribution in [0.1, 0.15) is 44.2 Å². The first kappa shape index (κ1) is 33.6. The molecular formula is C31H39N5O8. The zero-order chi connectivity index (χ0) is 32.4. The predicted octanol–water partition coefficient (Wildman–Crippen LogP) is 1.44. The van der Waals surface area contributed by atoms with Gasteiger partial charge in [-0.3, -0.25) is 19.2 Å². The summed E-state index contributed by atoms with van der Waals surface area (Å²) in [7, 11) is 0. The molecule has 0 aliphatic carbocycles. The minimum Gasteiger partial charge on any atom is -0.508 e. The Balaban J connectivity index is 1.91. The van der Waals surface area contributed by atoms with Crippen LogP contribution < -0.4 is 21.7 Å². The van der Waals surface area contributed by atoms with Gasteiger partial charge in [-0.2, -0.15) is 0 Å². The van der Waals surface area contributed by atoms with Gasteiger partial charge in [-0.15, -0.1) is 0 Å². The third-order valence-electron chi connectivity index (χ3n) is 7.56. The Morgan fingerprint density at radius 2 is 1.43 bits per heavy atom. The molecule has 5 atom stereocenters. The monoisotopic (exact) mass is 609 g/mol. The minimum atomic E-state index is -1.52. The number of benzene rings is 2. The number of fused-ring (bicyclic) bond motifs is 1. The lowest BCUT2D eigenvalue weighted by atomic mass is 9.97. The average Bonchev–Trinajstić information content (AvgIpc) is 3.40. The number of carboxylic acid groups (broad SMARTS) is 2. The Bertz CT molecular complexity index is 1470. The fraction of sp³-hybridized carbons (Fsp3) is 0.387. The number of nitrogens with one attached hydrogen (secondary N) is 4. The topological polar surface area (TPSA) is 224 Å². The molecule has 3 rings (SSSR count). The number of nitrogens with two attached hydrogens (primary N) is 1. The van der Waals surface area contributed by atoms with Crippen molar-refractivity contribution in [3.8, 4) is 5.75 Å². The summed E-state index contributed by atoms with van der Waals surface area (Å²) in [6.45, 7) is 3.71. The first-order chi connectivity index (χ1) is 20.9. The van der Waals surface area contributed by atoms with Crippen molar-refractivity contribution in [2.24, 2.45) is 11.7 Å². The number of aromatic hydroxyl groups is 1. The molecule has 44 heavy (non-hydrogen) atoms.